The molecule has 4 aromatic carbocycles. The number of carbonyl (C=O) groups excluding carboxylic acids is 12. The van der Waals surface area contributed by atoms with Gasteiger partial charge in [-0.05, 0) is 147 Å². The van der Waals surface area contributed by atoms with Gasteiger partial charge in [-0.2, -0.15) is 0 Å². The van der Waals surface area contributed by atoms with Crippen LogP contribution in [0.15, 0.2) is 109 Å². The number of hydrogen-bond acceptors (Lipinski definition) is 16. The van der Waals surface area contributed by atoms with E-state index in [-0.39, 0.29) is 127 Å². The molecule has 0 unspecified atom stereocenters. The summed E-state index contributed by atoms with van der Waals surface area (Å²) in [5.74, 6) is -10.9. The van der Waals surface area contributed by atoms with Crippen LogP contribution in [0.5, 0.6) is 11.5 Å². The lowest BCUT2D eigenvalue weighted by atomic mass is 9.98. The van der Waals surface area contributed by atoms with Crippen LogP contribution in [0.2, 0.25) is 0 Å². The van der Waals surface area contributed by atoms with Crippen LogP contribution in [-0.2, 0) is 83.2 Å². The van der Waals surface area contributed by atoms with E-state index in [4.69, 9.17) is 11.5 Å². The van der Waals surface area contributed by atoms with E-state index in [0.29, 0.717) is 35.1 Å². The molecule has 0 aliphatic carbocycles. The second-order valence-electron chi connectivity index (χ2n) is 29.6. The average Bonchev–Trinajstić information content (AvgIpc) is 1.63. The average molecular weight is 1470 g/mol. The lowest BCUT2D eigenvalue weighted by Gasteiger charge is -2.33. The van der Waals surface area contributed by atoms with Gasteiger partial charge >= 0.3 is 0 Å². The maximum atomic E-state index is 15.1. The van der Waals surface area contributed by atoms with Crippen molar-refractivity contribution in [2.45, 2.75) is 218 Å². The van der Waals surface area contributed by atoms with Gasteiger partial charge < -0.3 is 84.6 Å². The van der Waals surface area contributed by atoms with Crippen LogP contribution < -0.4 is 64.6 Å². The van der Waals surface area contributed by atoms with E-state index < -0.39 is 155 Å². The summed E-state index contributed by atoms with van der Waals surface area (Å²) in [6.45, 7) is 14.5. The van der Waals surface area contributed by atoms with E-state index in [2.05, 4.69) is 53.2 Å². The zero-order valence-electron chi connectivity index (χ0n) is 62.2. The molecule has 0 spiro atoms. The molecule has 12 amide bonds. The fourth-order valence-corrected chi connectivity index (χ4v) is 13.5. The first-order valence-electron chi connectivity index (χ1n) is 37.2. The van der Waals surface area contributed by atoms with Crippen LogP contribution >= 0.6 is 0 Å². The van der Waals surface area contributed by atoms with Crippen LogP contribution in [-0.4, -0.2) is 190 Å². The van der Waals surface area contributed by atoms with Gasteiger partial charge in [0.2, 0.25) is 70.9 Å². The lowest BCUT2D eigenvalue weighted by molar-refractivity contribution is -0.143. The normalized spacial score (nSPS) is 25.2. The summed E-state index contributed by atoms with van der Waals surface area (Å²) >= 11 is 0. The first-order chi connectivity index (χ1) is 50.5. The van der Waals surface area contributed by atoms with Crippen molar-refractivity contribution in [3.8, 4) is 11.5 Å². The first kappa shape index (κ1) is 83.3. The molecule has 28 nitrogen and oxygen atoms in total. The third kappa shape index (κ3) is 24.6. The number of phenols is 2. The molecule has 16 N–H and O–H groups in total. The SMILES string of the molecule is CC(C)C[C@@H]1NC(=O)[C@H](CCCN)NC(=O)[C@@H]2CCCN2C(=O)[C@H](C(C)C)NC(=O)[C@@H](Cc2ccc(O)cc2)NC(=O)[C@@H](Cc2ccccc2)NC(=O)[C@H](CC(C)C)NC(=O)[C@H](CCCN)NC(=O)[C@@H]2CCCN2C(=O)[C@H](C(C)C)NC(=O)[C@@H](Cc2ccc(O)cc2)NC(=O)[C@@H](Cc2ccccc2)NC1=O. The number of nitrogens with one attached hydrogen (secondary N) is 10. The summed E-state index contributed by atoms with van der Waals surface area (Å²) in [5, 5.41) is 49.0. The van der Waals surface area contributed by atoms with Gasteiger partial charge in [-0.1, -0.05) is 140 Å². The molecule has 3 fully saturated rings. The Labute approximate surface area is 621 Å². The predicted octanol–water partition coefficient (Wildman–Crippen LogP) is 2.09. The number of hydrogen-bond donors (Lipinski definition) is 14. The van der Waals surface area contributed by atoms with Crippen LogP contribution in [0.4, 0.5) is 0 Å². The van der Waals surface area contributed by atoms with E-state index in [9.17, 15) is 39.0 Å². The summed E-state index contributed by atoms with van der Waals surface area (Å²) in [7, 11) is 0. The second kappa shape index (κ2) is 40.5. The molecule has 3 saturated heterocycles. The van der Waals surface area contributed by atoms with Gasteiger partial charge in [0.1, 0.15) is 84.0 Å². The molecule has 576 valence electrons. The number of carbonyl (C=O) groups is 12. The van der Waals surface area contributed by atoms with Gasteiger partial charge in [0.25, 0.3) is 0 Å². The molecular formula is C78H110N14O14. The smallest absolute Gasteiger partial charge is 0.246 e. The molecule has 0 bridgehead atoms. The van der Waals surface area contributed by atoms with Crippen LogP contribution in [0.3, 0.4) is 0 Å². The zero-order valence-corrected chi connectivity index (χ0v) is 62.2. The Morgan fingerprint density at radius 3 is 0.906 bits per heavy atom. The summed E-state index contributed by atoms with van der Waals surface area (Å²) in [4.78, 5) is 182. The number of benzene rings is 4. The molecule has 0 aromatic heterocycles. The third-order valence-corrected chi connectivity index (χ3v) is 19.3. The molecule has 4 aromatic rings. The minimum absolute atomic E-state index is 0.00528. The molecule has 3 heterocycles. The van der Waals surface area contributed by atoms with Crippen molar-refractivity contribution in [1.29, 1.82) is 0 Å². The molecule has 0 saturated carbocycles. The minimum atomic E-state index is -1.44. The summed E-state index contributed by atoms with van der Waals surface area (Å²) in [5.41, 5.74) is 14.2. The second-order valence-corrected chi connectivity index (χ2v) is 29.6. The van der Waals surface area contributed by atoms with Crippen molar-refractivity contribution in [2.75, 3.05) is 26.2 Å². The number of nitrogens with zero attached hydrogens (tertiary/aromatic N) is 2. The standard InChI is InChI=1S/C78H110N14O14/c1-45(2)39-57-69(97)85-59(41-49-19-11-9-12-20-49)71(99)87-61(43-51-27-31-53(93)32-28-51)73(101)89-66(48(7)8)78(106)92-38-18-26-64(92)76(104)82-56(24-16-36-80)68(96)84-58(40-46(3)4)70(98)86-60(42-50-21-13-10-14-22-50)72(100)88-62(44-52-29-33-54(94)34-30-52)74(102)90-65(47(5)6)77(105)91-37-17-25-63(91)75(103)81-55(23-15-35-79)67(95)83-57/h9-14,19-22,27-34,45-48,55-66,93-94H,15-18,23-26,35-44,79-80H2,1-8H3,(H,81,103)(H,82,104)(H,83,95)(H,84,96)(H,85,97)(H,86,98)(H,87,99)(H,88,100)(H,89,101)(H,90,102)/t55-,56-,57-,58-,59+,60+,61+,62+,63-,64-,65-,66-/m0/s1. The van der Waals surface area contributed by atoms with Crippen molar-refractivity contribution in [1.82, 2.24) is 63.0 Å². The maximum absolute atomic E-state index is 15.1. The number of amides is 12. The van der Waals surface area contributed by atoms with E-state index in [1.165, 1.54) is 34.1 Å². The van der Waals surface area contributed by atoms with Crippen molar-refractivity contribution in [3.63, 3.8) is 0 Å². The molecule has 106 heavy (non-hydrogen) atoms. The Bertz CT molecular complexity index is 3400. The lowest BCUT2D eigenvalue weighted by Crippen LogP contribution is -2.62. The Morgan fingerprint density at radius 2 is 0.613 bits per heavy atom. The maximum Gasteiger partial charge on any atom is 0.246 e. The Kier molecular flexibility index (Phi) is 31.8. The molecular weight excluding hydrogens is 1360 g/mol. The van der Waals surface area contributed by atoms with Crippen LogP contribution in [0.1, 0.15) is 142 Å². The molecule has 7 rings (SSSR count). The molecule has 3 aliphatic rings. The van der Waals surface area contributed by atoms with Gasteiger partial charge in [-0.25, -0.2) is 0 Å². The fraction of sp³-hybridized carbons (Fsp3) is 0.538. The van der Waals surface area contributed by atoms with Crippen molar-refractivity contribution < 1.29 is 67.7 Å². The van der Waals surface area contributed by atoms with Crippen LogP contribution in [0, 0.1) is 23.7 Å². The van der Waals surface area contributed by atoms with Gasteiger partial charge in [0, 0.05) is 38.8 Å². The van der Waals surface area contributed by atoms with Gasteiger partial charge in [-0.3, -0.25) is 57.5 Å². The number of rotatable bonds is 20. The zero-order chi connectivity index (χ0) is 77.3. The summed E-state index contributed by atoms with van der Waals surface area (Å²) < 4.78 is 0. The Hall–Kier alpha value is -9.96. The number of phenolic OH excluding ortho intramolecular Hbond substituents is 2. The number of fused-ring (bicyclic) bond motifs is 2. The van der Waals surface area contributed by atoms with Crippen molar-refractivity contribution in [2.24, 2.45) is 35.1 Å². The highest BCUT2D eigenvalue weighted by molar-refractivity contribution is 6.01. The Morgan fingerprint density at radius 1 is 0.349 bits per heavy atom. The van der Waals surface area contributed by atoms with Gasteiger partial charge in [0.15, 0.2) is 0 Å². The number of nitrogens with two attached hydrogens (primary N) is 2. The fourth-order valence-electron chi connectivity index (χ4n) is 13.5. The predicted molar refractivity (Wildman–Crippen MR) is 398 cm³/mol. The monoisotopic (exact) mass is 1470 g/mol. The highest BCUT2D eigenvalue weighted by atomic mass is 16.3. The van der Waals surface area contributed by atoms with Crippen LogP contribution in [0.25, 0.3) is 0 Å². The topological polar surface area (TPSA) is 424 Å². The molecule has 28 heteroatoms. The van der Waals surface area contributed by atoms with E-state index >= 15 is 28.8 Å². The summed E-state index contributed by atoms with van der Waals surface area (Å²) in [6.07, 6.45) is 1.05. The summed E-state index contributed by atoms with van der Waals surface area (Å²) in [6, 6.07) is 13.5. The highest BCUT2D eigenvalue weighted by Gasteiger charge is 2.44. The van der Waals surface area contributed by atoms with Gasteiger partial charge in [0.05, 0.1) is 0 Å². The van der Waals surface area contributed by atoms with E-state index in [0.717, 1.165) is 0 Å². The van der Waals surface area contributed by atoms with Crippen molar-refractivity contribution >= 4 is 70.9 Å². The largest absolute Gasteiger partial charge is 0.508 e. The highest BCUT2D eigenvalue weighted by Crippen LogP contribution is 2.25. The Balaban J connectivity index is 1.30. The third-order valence-electron chi connectivity index (χ3n) is 19.3. The first-order valence-corrected chi connectivity index (χ1v) is 37.2. The minimum Gasteiger partial charge on any atom is -0.508 e. The van der Waals surface area contributed by atoms with Crippen molar-refractivity contribution in [3.05, 3.63) is 131 Å². The van der Waals surface area contributed by atoms with E-state index in [1.807, 2.05) is 27.7 Å². The van der Waals surface area contributed by atoms with E-state index in [1.54, 1.807) is 113 Å². The number of aromatic hydroxyl groups is 2. The van der Waals surface area contributed by atoms with Gasteiger partial charge in [-0.15, -0.1) is 0 Å². The molecule has 3 aliphatic heterocycles. The molecule has 12 atom stereocenters. The molecule has 0 radical (unpaired) electrons. The quantitative estimate of drug-likeness (QED) is 0.0602.